The maximum atomic E-state index is 5.07. The third kappa shape index (κ3) is 4.50. The molecule has 4 rings (SSSR count). The van der Waals surface area contributed by atoms with Crippen LogP contribution in [-0.4, -0.2) is 13.2 Å². The molecule has 120 valence electrons. The number of hydrogen-bond donors (Lipinski definition) is 1. The first-order valence-electron chi connectivity index (χ1n) is 8.13. The summed E-state index contributed by atoms with van der Waals surface area (Å²) < 4.78 is 5.07. The molecule has 0 saturated carbocycles. The van der Waals surface area contributed by atoms with Crippen molar-refractivity contribution in [3.05, 3.63) is 109 Å². The van der Waals surface area contributed by atoms with Crippen LogP contribution in [0.2, 0.25) is 0 Å². The SMILES string of the molecule is C1=CC(C2=CCOC=C2)=CCN1.c1ccc(-c2ccccc2)cc1. The second-order valence-electron chi connectivity index (χ2n) is 5.43. The lowest BCUT2D eigenvalue weighted by Crippen LogP contribution is -2.09. The van der Waals surface area contributed by atoms with Crippen molar-refractivity contribution in [3.63, 3.8) is 0 Å². The number of benzene rings is 2. The van der Waals surface area contributed by atoms with Gasteiger partial charge >= 0.3 is 0 Å². The predicted octanol–water partition coefficient (Wildman–Crippen LogP) is 4.85. The van der Waals surface area contributed by atoms with E-state index in [0.29, 0.717) is 6.61 Å². The average molecular weight is 315 g/mol. The van der Waals surface area contributed by atoms with Crippen molar-refractivity contribution in [1.82, 2.24) is 5.32 Å². The molecule has 0 atom stereocenters. The van der Waals surface area contributed by atoms with Gasteiger partial charge in [-0.05, 0) is 46.7 Å². The van der Waals surface area contributed by atoms with Crippen molar-refractivity contribution in [1.29, 1.82) is 0 Å². The molecule has 2 aromatic rings. The van der Waals surface area contributed by atoms with Crippen LogP contribution in [0, 0.1) is 0 Å². The van der Waals surface area contributed by atoms with Crippen LogP contribution in [-0.2, 0) is 4.74 Å². The summed E-state index contributed by atoms with van der Waals surface area (Å²) in [5.74, 6) is 0. The fourth-order valence-electron chi connectivity index (χ4n) is 2.53. The summed E-state index contributed by atoms with van der Waals surface area (Å²) in [5.41, 5.74) is 5.07. The van der Waals surface area contributed by atoms with E-state index in [1.54, 1.807) is 6.26 Å². The third-order valence-corrected chi connectivity index (χ3v) is 3.78. The Morgan fingerprint density at radius 1 is 0.708 bits per heavy atom. The van der Waals surface area contributed by atoms with E-state index in [4.69, 9.17) is 4.74 Å². The van der Waals surface area contributed by atoms with Gasteiger partial charge in [0.1, 0.15) is 6.61 Å². The molecule has 2 aliphatic rings. The highest BCUT2D eigenvalue weighted by atomic mass is 16.5. The first kappa shape index (κ1) is 15.9. The molecule has 0 aromatic heterocycles. The van der Waals surface area contributed by atoms with Gasteiger partial charge in [-0.3, -0.25) is 0 Å². The highest BCUT2D eigenvalue weighted by Crippen LogP contribution is 2.17. The maximum absolute atomic E-state index is 5.07. The van der Waals surface area contributed by atoms with Crippen molar-refractivity contribution in [3.8, 4) is 11.1 Å². The van der Waals surface area contributed by atoms with Crippen LogP contribution in [0.15, 0.2) is 109 Å². The first-order valence-corrected chi connectivity index (χ1v) is 8.13. The predicted molar refractivity (Wildman–Crippen MR) is 100 cm³/mol. The zero-order chi connectivity index (χ0) is 16.5. The summed E-state index contributed by atoms with van der Waals surface area (Å²) in [5, 5.41) is 3.11. The lowest BCUT2D eigenvalue weighted by molar-refractivity contribution is 0.284. The van der Waals surface area contributed by atoms with E-state index in [9.17, 15) is 0 Å². The van der Waals surface area contributed by atoms with Gasteiger partial charge in [-0.15, -0.1) is 0 Å². The fraction of sp³-hybridized carbons (Fsp3) is 0.0909. The number of allylic oxidation sites excluding steroid dienone is 4. The molecule has 2 aromatic carbocycles. The number of rotatable bonds is 2. The third-order valence-electron chi connectivity index (χ3n) is 3.78. The summed E-state index contributed by atoms with van der Waals surface area (Å²) in [6.07, 6.45) is 12.0. The maximum Gasteiger partial charge on any atom is 0.106 e. The topological polar surface area (TPSA) is 21.3 Å². The van der Waals surface area contributed by atoms with Crippen LogP contribution in [0.3, 0.4) is 0 Å². The quantitative estimate of drug-likeness (QED) is 0.855. The largest absolute Gasteiger partial charge is 0.497 e. The van der Waals surface area contributed by atoms with Crippen LogP contribution in [0.25, 0.3) is 11.1 Å². The first-order chi connectivity index (χ1) is 11.9. The standard InChI is InChI=1S/C12H10.C10H11NO/c1-3-7-11(8-4-1)12-9-5-2-6-10-12;1-5-11-6-2-9(1)10-3-7-12-8-4-10/h1-10H;1-5,7,11H,6,8H2. The van der Waals surface area contributed by atoms with Gasteiger partial charge in [0.25, 0.3) is 0 Å². The molecular formula is C22H21NO. The second kappa shape index (κ2) is 8.59. The minimum Gasteiger partial charge on any atom is -0.497 e. The summed E-state index contributed by atoms with van der Waals surface area (Å²) >= 11 is 0. The van der Waals surface area contributed by atoms with Gasteiger partial charge in [0.05, 0.1) is 6.26 Å². The van der Waals surface area contributed by atoms with E-state index < -0.39 is 0 Å². The summed E-state index contributed by atoms with van der Waals surface area (Å²) in [4.78, 5) is 0. The molecule has 0 aliphatic carbocycles. The minimum absolute atomic E-state index is 0.685. The van der Waals surface area contributed by atoms with Crippen molar-refractivity contribution < 1.29 is 4.74 Å². The molecule has 24 heavy (non-hydrogen) atoms. The Kier molecular flexibility index (Phi) is 5.68. The Morgan fingerprint density at radius 2 is 1.33 bits per heavy atom. The van der Waals surface area contributed by atoms with E-state index >= 15 is 0 Å². The normalized spacial score (nSPS) is 15.2. The molecular weight excluding hydrogens is 294 g/mol. The van der Waals surface area contributed by atoms with Crippen LogP contribution >= 0.6 is 0 Å². The van der Waals surface area contributed by atoms with Gasteiger partial charge in [-0.25, -0.2) is 0 Å². The van der Waals surface area contributed by atoms with E-state index in [0.717, 1.165) is 6.54 Å². The Morgan fingerprint density at radius 3 is 1.83 bits per heavy atom. The lowest BCUT2D eigenvalue weighted by atomic mass is 10.0. The van der Waals surface area contributed by atoms with E-state index in [-0.39, 0.29) is 0 Å². The minimum atomic E-state index is 0.685. The second-order valence-corrected chi connectivity index (χ2v) is 5.43. The molecule has 1 N–H and O–H groups in total. The zero-order valence-corrected chi connectivity index (χ0v) is 13.6. The van der Waals surface area contributed by atoms with Crippen molar-refractivity contribution in [2.24, 2.45) is 0 Å². The Labute approximate surface area is 143 Å². The molecule has 0 radical (unpaired) electrons. The molecule has 0 unspecified atom stereocenters. The van der Waals surface area contributed by atoms with Crippen LogP contribution in [0.5, 0.6) is 0 Å². The highest BCUT2D eigenvalue weighted by molar-refractivity contribution is 5.62. The summed E-state index contributed by atoms with van der Waals surface area (Å²) in [6.45, 7) is 1.60. The van der Waals surface area contributed by atoms with Gasteiger partial charge in [0.15, 0.2) is 0 Å². The Balaban J connectivity index is 0.000000141. The zero-order valence-electron chi connectivity index (χ0n) is 13.6. The number of dihydropyridines is 1. The molecule has 2 heteroatoms. The number of hydrogen-bond acceptors (Lipinski definition) is 2. The van der Waals surface area contributed by atoms with Gasteiger partial charge in [-0.1, -0.05) is 66.7 Å². The molecule has 2 aliphatic heterocycles. The molecule has 0 amide bonds. The van der Waals surface area contributed by atoms with Crippen molar-refractivity contribution >= 4 is 0 Å². The fourth-order valence-corrected chi connectivity index (χ4v) is 2.53. The summed E-state index contributed by atoms with van der Waals surface area (Å²) in [7, 11) is 0. The van der Waals surface area contributed by atoms with Crippen molar-refractivity contribution in [2.45, 2.75) is 0 Å². The molecule has 2 heterocycles. The van der Waals surface area contributed by atoms with Crippen molar-refractivity contribution in [2.75, 3.05) is 13.2 Å². The Bertz CT molecular complexity index is 688. The molecule has 2 nitrogen and oxygen atoms in total. The Hall–Kier alpha value is -3.00. The number of nitrogens with one attached hydrogen (secondary N) is 1. The van der Waals surface area contributed by atoms with Crippen LogP contribution in [0.4, 0.5) is 0 Å². The molecule has 0 saturated heterocycles. The van der Waals surface area contributed by atoms with E-state index in [1.165, 1.54) is 22.3 Å². The van der Waals surface area contributed by atoms with Crippen LogP contribution < -0.4 is 5.32 Å². The highest BCUT2D eigenvalue weighted by Gasteiger charge is 2.03. The van der Waals surface area contributed by atoms with Gasteiger partial charge in [0.2, 0.25) is 0 Å². The van der Waals surface area contributed by atoms with Crippen LogP contribution in [0.1, 0.15) is 0 Å². The lowest BCUT2D eigenvalue weighted by Gasteiger charge is -2.12. The smallest absolute Gasteiger partial charge is 0.106 e. The van der Waals surface area contributed by atoms with Gasteiger partial charge < -0.3 is 10.1 Å². The number of ether oxygens (including phenoxy) is 1. The van der Waals surface area contributed by atoms with Gasteiger partial charge in [0, 0.05) is 6.54 Å². The van der Waals surface area contributed by atoms with Gasteiger partial charge in [-0.2, -0.15) is 0 Å². The molecule has 0 spiro atoms. The monoisotopic (exact) mass is 315 g/mol. The average Bonchev–Trinajstić information content (AvgIpc) is 2.71. The summed E-state index contributed by atoms with van der Waals surface area (Å²) in [6, 6.07) is 20.8. The van der Waals surface area contributed by atoms with E-state index in [2.05, 4.69) is 72.1 Å². The van der Waals surface area contributed by atoms with E-state index in [1.807, 2.05) is 24.4 Å². The molecule has 0 fully saturated rings. The molecule has 0 bridgehead atoms.